The lowest BCUT2D eigenvalue weighted by Crippen LogP contribution is -2.46. The predicted molar refractivity (Wildman–Crippen MR) is 148 cm³/mol. The SMILES string of the molecule is O=S(=O)(c1ccccc1)N1C[C@H](CN2CCC(O)(CCCc3ccccc3)CC2)[C@@H](c2ccccc2)C1. The molecule has 3 aromatic carbocycles. The van der Waals surface area contributed by atoms with Gasteiger partial charge in [-0.25, -0.2) is 8.42 Å². The fraction of sp³-hybridized carbons (Fsp3) is 0.419. The highest BCUT2D eigenvalue weighted by atomic mass is 32.2. The minimum Gasteiger partial charge on any atom is -0.390 e. The van der Waals surface area contributed by atoms with Crippen LogP contribution in [0.3, 0.4) is 0 Å². The standard InChI is InChI=1S/C31H38N2O3S/c34-31(18-10-13-26-11-4-1-5-12-26)19-21-32(22-20-31)23-28-24-33(25-30(28)27-14-6-2-7-15-27)37(35,36)29-16-8-3-9-17-29/h1-9,11-12,14-17,28,30,34H,10,13,18-25H2/t28-,30+/m0/s1. The Kier molecular flexibility index (Phi) is 8.10. The molecule has 1 N–H and O–H groups in total. The first-order valence-corrected chi connectivity index (χ1v) is 15.0. The summed E-state index contributed by atoms with van der Waals surface area (Å²) < 4.78 is 28.5. The molecule has 0 unspecified atom stereocenters. The van der Waals surface area contributed by atoms with E-state index in [4.69, 9.17) is 0 Å². The second-order valence-corrected chi connectivity index (χ2v) is 12.7. The Morgan fingerprint density at radius 2 is 1.41 bits per heavy atom. The lowest BCUT2D eigenvalue weighted by Gasteiger charge is -2.39. The third kappa shape index (κ3) is 6.32. The van der Waals surface area contributed by atoms with Crippen molar-refractivity contribution in [2.75, 3.05) is 32.7 Å². The van der Waals surface area contributed by atoms with Gasteiger partial charge in [0, 0.05) is 38.6 Å². The Bertz CT molecular complexity index is 1230. The van der Waals surface area contributed by atoms with Crippen molar-refractivity contribution >= 4 is 10.0 Å². The Morgan fingerprint density at radius 3 is 2.05 bits per heavy atom. The zero-order valence-electron chi connectivity index (χ0n) is 21.5. The van der Waals surface area contributed by atoms with Crippen LogP contribution in [0.15, 0.2) is 95.9 Å². The third-order valence-electron chi connectivity index (χ3n) is 8.25. The molecular formula is C31H38N2O3S. The summed E-state index contributed by atoms with van der Waals surface area (Å²) in [5.74, 6) is 0.372. The molecule has 2 atom stereocenters. The number of nitrogens with zero attached hydrogens (tertiary/aromatic N) is 2. The molecule has 6 heteroatoms. The molecule has 3 aromatic rings. The smallest absolute Gasteiger partial charge is 0.243 e. The van der Waals surface area contributed by atoms with Crippen LogP contribution < -0.4 is 0 Å². The van der Waals surface area contributed by atoms with Crippen molar-refractivity contribution in [2.24, 2.45) is 5.92 Å². The van der Waals surface area contributed by atoms with Crippen molar-refractivity contribution in [2.45, 2.75) is 48.5 Å². The topological polar surface area (TPSA) is 60.9 Å². The Labute approximate surface area is 221 Å². The fourth-order valence-electron chi connectivity index (χ4n) is 6.03. The second-order valence-electron chi connectivity index (χ2n) is 10.8. The monoisotopic (exact) mass is 518 g/mol. The fourth-order valence-corrected chi connectivity index (χ4v) is 7.58. The molecule has 2 saturated heterocycles. The van der Waals surface area contributed by atoms with Crippen LogP contribution in [0.5, 0.6) is 0 Å². The molecule has 2 aliphatic rings. The van der Waals surface area contributed by atoms with E-state index in [9.17, 15) is 13.5 Å². The van der Waals surface area contributed by atoms with Gasteiger partial charge in [-0.2, -0.15) is 4.31 Å². The third-order valence-corrected chi connectivity index (χ3v) is 10.1. The summed E-state index contributed by atoms with van der Waals surface area (Å²) in [6, 6.07) is 29.6. The van der Waals surface area contributed by atoms with E-state index in [0.717, 1.165) is 51.7 Å². The van der Waals surface area contributed by atoms with Crippen LogP contribution in [0.25, 0.3) is 0 Å². The van der Waals surface area contributed by atoms with Crippen LogP contribution >= 0.6 is 0 Å². The number of benzene rings is 3. The molecule has 37 heavy (non-hydrogen) atoms. The maximum atomic E-state index is 13.4. The number of hydrogen-bond donors (Lipinski definition) is 1. The number of aliphatic hydroxyl groups is 1. The number of rotatable bonds is 9. The highest BCUT2D eigenvalue weighted by Crippen LogP contribution is 2.37. The summed E-state index contributed by atoms with van der Waals surface area (Å²) in [6.45, 7) is 3.58. The summed E-state index contributed by atoms with van der Waals surface area (Å²) in [5, 5.41) is 11.2. The lowest BCUT2D eigenvalue weighted by molar-refractivity contribution is -0.0315. The zero-order valence-corrected chi connectivity index (χ0v) is 22.3. The van der Waals surface area contributed by atoms with Gasteiger partial charge >= 0.3 is 0 Å². The van der Waals surface area contributed by atoms with Crippen LogP contribution in [0.4, 0.5) is 0 Å². The van der Waals surface area contributed by atoms with E-state index in [1.54, 1.807) is 28.6 Å². The van der Waals surface area contributed by atoms with Crippen molar-refractivity contribution in [3.63, 3.8) is 0 Å². The van der Waals surface area contributed by atoms with Crippen molar-refractivity contribution < 1.29 is 13.5 Å². The maximum absolute atomic E-state index is 13.4. The number of piperidine rings is 1. The lowest BCUT2D eigenvalue weighted by atomic mass is 9.84. The van der Waals surface area contributed by atoms with Crippen LogP contribution in [0, 0.1) is 5.92 Å². The van der Waals surface area contributed by atoms with Crippen molar-refractivity contribution in [1.82, 2.24) is 9.21 Å². The van der Waals surface area contributed by atoms with E-state index in [0.29, 0.717) is 18.0 Å². The molecule has 0 spiro atoms. The van der Waals surface area contributed by atoms with E-state index in [1.165, 1.54) is 11.1 Å². The van der Waals surface area contributed by atoms with Gasteiger partial charge in [-0.1, -0.05) is 78.9 Å². The molecule has 2 fully saturated rings. The average Bonchev–Trinajstić information content (AvgIpc) is 3.36. The molecule has 5 nitrogen and oxygen atoms in total. The first kappa shape index (κ1) is 26.1. The highest BCUT2D eigenvalue weighted by molar-refractivity contribution is 7.89. The van der Waals surface area contributed by atoms with E-state index < -0.39 is 15.6 Å². The Hall–Kier alpha value is -2.51. The summed E-state index contributed by atoms with van der Waals surface area (Å²) in [6.07, 6.45) is 4.37. The molecule has 196 valence electrons. The van der Waals surface area contributed by atoms with E-state index in [1.807, 2.05) is 30.3 Å². The molecule has 0 aromatic heterocycles. The van der Waals surface area contributed by atoms with Gasteiger partial charge in [0.2, 0.25) is 10.0 Å². The second kappa shape index (κ2) is 11.5. The molecular weight excluding hydrogens is 480 g/mol. The van der Waals surface area contributed by atoms with Crippen LogP contribution in [-0.2, 0) is 16.4 Å². The molecule has 0 saturated carbocycles. The molecule has 5 rings (SSSR count). The van der Waals surface area contributed by atoms with Crippen LogP contribution in [0.2, 0.25) is 0 Å². The first-order valence-electron chi connectivity index (χ1n) is 13.5. The predicted octanol–water partition coefficient (Wildman–Crippen LogP) is 4.94. The molecule has 2 heterocycles. The van der Waals surface area contributed by atoms with Gasteiger partial charge in [0.25, 0.3) is 0 Å². The van der Waals surface area contributed by atoms with E-state index in [2.05, 4.69) is 41.3 Å². The molecule has 0 radical (unpaired) electrons. The largest absolute Gasteiger partial charge is 0.390 e. The van der Waals surface area contributed by atoms with Gasteiger partial charge in [0.1, 0.15) is 0 Å². The normalized spacial score (nSPS) is 22.7. The van der Waals surface area contributed by atoms with Crippen molar-refractivity contribution in [1.29, 1.82) is 0 Å². The summed E-state index contributed by atoms with van der Waals surface area (Å²) in [7, 11) is -3.53. The minimum atomic E-state index is -3.53. The Morgan fingerprint density at radius 1 is 0.811 bits per heavy atom. The quantitative estimate of drug-likeness (QED) is 0.436. The van der Waals surface area contributed by atoms with Crippen LogP contribution in [0.1, 0.15) is 42.7 Å². The van der Waals surface area contributed by atoms with Gasteiger partial charge in [-0.3, -0.25) is 0 Å². The van der Waals surface area contributed by atoms with Crippen LogP contribution in [-0.4, -0.2) is 61.1 Å². The van der Waals surface area contributed by atoms with Gasteiger partial charge in [0.15, 0.2) is 0 Å². The number of likely N-dealkylation sites (tertiary alicyclic amines) is 1. The van der Waals surface area contributed by atoms with Crippen molar-refractivity contribution in [3.8, 4) is 0 Å². The maximum Gasteiger partial charge on any atom is 0.243 e. The summed E-state index contributed by atoms with van der Waals surface area (Å²) >= 11 is 0. The number of hydrogen-bond acceptors (Lipinski definition) is 4. The minimum absolute atomic E-state index is 0.159. The highest BCUT2D eigenvalue weighted by Gasteiger charge is 2.41. The first-order chi connectivity index (χ1) is 17.9. The van der Waals surface area contributed by atoms with Gasteiger partial charge in [0.05, 0.1) is 10.5 Å². The molecule has 0 amide bonds. The average molecular weight is 519 g/mol. The number of aryl methyl sites for hydroxylation is 1. The number of sulfonamides is 1. The van der Waals surface area contributed by atoms with Gasteiger partial charge in [-0.05, 0) is 61.3 Å². The summed E-state index contributed by atoms with van der Waals surface area (Å²) in [4.78, 5) is 2.80. The van der Waals surface area contributed by atoms with Crippen molar-refractivity contribution in [3.05, 3.63) is 102 Å². The molecule has 2 aliphatic heterocycles. The Balaban J connectivity index is 1.21. The zero-order chi connectivity index (χ0) is 25.7. The van der Waals surface area contributed by atoms with Gasteiger partial charge in [-0.15, -0.1) is 0 Å². The van der Waals surface area contributed by atoms with E-state index >= 15 is 0 Å². The summed E-state index contributed by atoms with van der Waals surface area (Å²) in [5.41, 5.74) is 1.93. The molecule has 0 bridgehead atoms. The van der Waals surface area contributed by atoms with E-state index in [-0.39, 0.29) is 11.8 Å². The van der Waals surface area contributed by atoms with Gasteiger partial charge < -0.3 is 10.0 Å². The molecule has 0 aliphatic carbocycles.